The molecule has 2 amide bonds. The number of hydrogen-bond donors (Lipinski definition) is 1. The molecule has 0 saturated carbocycles. The van der Waals surface area contributed by atoms with Crippen molar-refractivity contribution in [1.29, 1.82) is 0 Å². The summed E-state index contributed by atoms with van der Waals surface area (Å²) in [5, 5.41) is 3.18. The summed E-state index contributed by atoms with van der Waals surface area (Å²) in [6, 6.07) is 19.7. The van der Waals surface area contributed by atoms with Crippen LogP contribution in [-0.2, 0) is 16.0 Å². The Morgan fingerprint density at radius 1 is 1.10 bits per heavy atom. The van der Waals surface area contributed by atoms with Crippen molar-refractivity contribution in [3.63, 3.8) is 0 Å². The molecule has 2 aromatic carbocycles. The number of nitrogens with zero attached hydrogens (tertiary/aromatic N) is 3. The molecule has 0 bridgehead atoms. The van der Waals surface area contributed by atoms with E-state index in [1.165, 1.54) is 28.1 Å². The van der Waals surface area contributed by atoms with Gasteiger partial charge in [0, 0.05) is 22.8 Å². The lowest BCUT2D eigenvalue weighted by molar-refractivity contribution is -0.139. The van der Waals surface area contributed by atoms with Gasteiger partial charge in [-0.25, -0.2) is 9.99 Å². The Morgan fingerprint density at radius 2 is 1.83 bits per heavy atom. The van der Waals surface area contributed by atoms with Crippen LogP contribution in [0, 0.1) is 0 Å². The highest BCUT2D eigenvalue weighted by Crippen LogP contribution is 2.37. The fraction of sp³-hybridized carbons (Fsp3) is 0.136. The number of thioether (sulfide) groups is 1. The summed E-state index contributed by atoms with van der Waals surface area (Å²) in [5.41, 5.74) is 6.56. The first-order valence-electron chi connectivity index (χ1n) is 9.48. The average Bonchev–Trinajstić information content (AvgIpc) is 3.46. The number of amides is 2. The van der Waals surface area contributed by atoms with E-state index in [1.807, 2.05) is 76.6 Å². The molecule has 0 aliphatic carbocycles. The van der Waals surface area contributed by atoms with E-state index in [2.05, 4.69) is 10.4 Å². The Morgan fingerprint density at radius 3 is 2.60 bits per heavy atom. The van der Waals surface area contributed by atoms with Crippen LogP contribution in [0.3, 0.4) is 0 Å². The van der Waals surface area contributed by atoms with Crippen molar-refractivity contribution in [2.75, 3.05) is 5.75 Å². The maximum atomic E-state index is 12.8. The summed E-state index contributed by atoms with van der Waals surface area (Å²) in [5.74, 6) is 0.0397. The number of carbonyl (C=O) groups excluding carboxylic acids is 2. The smallest absolute Gasteiger partial charge is 0.252 e. The first kappa shape index (κ1) is 18.9. The topological polar surface area (TPSA) is 66.7 Å². The quantitative estimate of drug-likeness (QED) is 0.517. The van der Waals surface area contributed by atoms with Gasteiger partial charge in [0.25, 0.3) is 5.91 Å². The van der Waals surface area contributed by atoms with Crippen LogP contribution < -0.4 is 5.43 Å². The third-order valence-corrected chi connectivity index (χ3v) is 6.99. The maximum Gasteiger partial charge on any atom is 0.252 e. The molecule has 3 heterocycles. The Balaban J connectivity index is 1.33. The molecule has 1 aliphatic heterocycles. The molecule has 1 aliphatic rings. The SMILES string of the molecule is O=C(Cc1csc2nc(-c3ccccc3)cn12)NN1C(=O)CSC1c1ccccc1. The van der Waals surface area contributed by atoms with E-state index in [0.29, 0.717) is 5.75 Å². The highest BCUT2D eigenvalue weighted by molar-refractivity contribution is 8.00. The minimum atomic E-state index is -0.221. The average molecular weight is 435 g/mol. The molecule has 2 aromatic heterocycles. The van der Waals surface area contributed by atoms with Crippen LogP contribution in [0.2, 0.25) is 0 Å². The fourth-order valence-corrected chi connectivity index (χ4v) is 5.43. The van der Waals surface area contributed by atoms with Crippen LogP contribution in [0.5, 0.6) is 0 Å². The van der Waals surface area contributed by atoms with Gasteiger partial charge in [-0.3, -0.25) is 19.4 Å². The van der Waals surface area contributed by atoms with E-state index in [4.69, 9.17) is 0 Å². The first-order valence-corrected chi connectivity index (χ1v) is 11.4. The lowest BCUT2D eigenvalue weighted by Crippen LogP contribution is -2.45. The Kier molecular flexibility index (Phi) is 5.02. The van der Waals surface area contributed by atoms with Gasteiger partial charge in [-0.15, -0.1) is 23.1 Å². The Bertz CT molecular complexity index is 1200. The van der Waals surface area contributed by atoms with Gasteiger partial charge in [-0.2, -0.15) is 0 Å². The van der Waals surface area contributed by atoms with Crippen molar-refractivity contribution in [2.24, 2.45) is 0 Å². The molecule has 4 aromatic rings. The molecule has 30 heavy (non-hydrogen) atoms. The maximum absolute atomic E-state index is 12.8. The highest BCUT2D eigenvalue weighted by atomic mass is 32.2. The van der Waals surface area contributed by atoms with Gasteiger partial charge in [0.15, 0.2) is 4.96 Å². The summed E-state index contributed by atoms with van der Waals surface area (Å²) < 4.78 is 1.95. The van der Waals surface area contributed by atoms with Gasteiger partial charge in [-0.1, -0.05) is 60.7 Å². The third kappa shape index (κ3) is 3.59. The summed E-state index contributed by atoms with van der Waals surface area (Å²) in [6.45, 7) is 0. The standard InChI is InChI=1S/C22H18N4O2S2/c27-19(24-26-20(28)14-29-21(26)16-9-5-2-6-10-16)11-17-13-30-22-23-18(12-25(17)22)15-7-3-1-4-8-15/h1-10,12-13,21H,11,14H2,(H,24,27). The number of nitrogens with one attached hydrogen (secondary N) is 1. The molecule has 1 atom stereocenters. The summed E-state index contributed by atoms with van der Waals surface area (Å²) >= 11 is 3.01. The Labute approximate surface area is 181 Å². The van der Waals surface area contributed by atoms with Crippen molar-refractivity contribution in [3.05, 3.63) is 83.5 Å². The number of imidazole rings is 1. The molecule has 1 unspecified atom stereocenters. The van der Waals surface area contributed by atoms with Crippen molar-refractivity contribution >= 4 is 39.9 Å². The van der Waals surface area contributed by atoms with Crippen molar-refractivity contribution in [1.82, 2.24) is 19.8 Å². The van der Waals surface area contributed by atoms with Crippen LogP contribution in [-0.4, -0.2) is 32.0 Å². The van der Waals surface area contributed by atoms with Crippen molar-refractivity contribution < 1.29 is 9.59 Å². The van der Waals surface area contributed by atoms with Crippen LogP contribution in [0.4, 0.5) is 0 Å². The van der Waals surface area contributed by atoms with Gasteiger partial charge >= 0.3 is 0 Å². The van der Waals surface area contributed by atoms with Crippen LogP contribution >= 0.6 is 23.1 Å². The minimum Gasteiger partial charge on any atom is -0.294 e. The monoisotopic (exact) mass is 434 g/mol. The molecular formula is C22H18N4O2S2. The second-order valence-electron chi connectivity index (χ2n) is 6.92. The van der Waals surface area contributed by atoms with Gasteiger partial charge in [0.1, 0.15) is 5.37 Å². The minimum absolute atomic E-state index is 0.0911. The van der Waals surface area contributed by atoms with E-state index < -0.39 is 0 Å². The molecule has 5 rings (SSSR count). The van der Waals surface area contributed by atoms with Gasteiger partial charge in [0.05, 0.1) is 17.9 Å². The molecule has 8 heteroatoms. The predicted molar refractivity (Wildman–Crippen MR) is 119 cm³/mol. The summed E-state index contributed by atoms with van der Waals surface area (Å²) in [7, 11) is 0. The fourth-order valence-electron chi connectivity index (χ4n) is 3.45. The lowest BCUT2D eigenvalue weighted by atomic mass is 10.2. The zero-order valence-corrected chi connectivity index (χ0v) is 17.5. The number of thiazole rings is 1. The van der Waals surface area contributed by atoms with Crippen molar-refractivity contribution in [3.8, 4) is 11.3 Å². The van der Waals surface area contributed by atoms with Crippen molar-refractivity contribution in [2.45, 2.75) is 11.8 Å². The number of hydrazine groups is 1. The third-order valence-electron chi connectivity index (χ3n) is 4.89. The summed E-state index contributed by atoms with van der Waals surface area (Å²) in [4.78, 5) is 30.6. The molecule has 150 valence electrons. The molecule has 1 N–H and O–H groups in total. The summed E-state index contributed by atoms with van der Waals surface area (Å²) in [6.07, 6.45) is 2.12. The van der Waals surface area contributed by atoms with Gasteiger partial charge in [0.2, 0.25) is 5.91 Å². The zero-order chi connectivity index (χ0) is 20.5. The zero-order valence-electron chi connectivity index (χ0n) is 15.9. The number of aromatic nitrogens is 2. The van der Waals surface area contributed by atoms with E-state index in [9.17, 15) is 9.59 Å². The molecule has 0 radical (unpaired) electrons. The molecule has 6 nitrogen and oxygen atoms in total. The Hall–Kier alpha value is -3.10. The highest BCUT2D eigenvalue weighted by Gasteiger charge is 2.34. The molecule has 1 saturated heterocycles. The molecular weight excluding hydrogens is 416 g/mol. The number of carbonyl (C=O) groups is 2. The second kappa shape index (κ2) is 7.97. The number of hydrogen-bond acceptors (Lipinski definition) is 5. The van der Waals surface area contributed by atoms with E-state index in [0.717, 1.165) is 27.5 Å². The van der Waals surface area contributed by atoms with Crippen LogP contribution in [0.1, 0.15) is 16.6 Å². The van der Waals surface area contributed by atoms with Crippen LogP contribution in [0.25, 0.3) is 16.2 Å². The largest absolute Gasteiger partial charge is 0.294 e. The number of rotatable bonds is 5. The van der Waals surface area contributed by atoms with E-state index in [-0.39, 0.29) is 23.6 Å². The van der Waals surface area contributed by atoms with E-state index >= 15 is 0 Å². The van der Waals surface area contributed by atoms with E-state index in [1.54, 1.807) is 0 Å². The number of benzene rings is 2. The molecule has 0 spiro atoms. The second-order valence-corrected chi connectivity index (χ2v) is 8.83. The van der Waals surface area contributed by atoms with Crippen LogP contribution in [0.15, 0.2) is 72.2 Å². The van der Waals surface area contributed by atoms with Gasteiger partial charge < -0.3 is 0 Å². The predicted octanol–water partition coefficient (Wildman–Crippen LogP) is 3.91. The molecule has 1 fully saturated rings. The van der Waals surface area contributed by atoms with Gasteiger partial charge in [-0.05, 0) is 5.56 Å². The lowest BCUT2D eigenvalue weighted by Gasteiger charge is -2.24. The normalized spacial score (nSPS) is 16.3. The first-order chi connectivity index (χ1) is 14.7. The number of fused-ring (bicyclic) bond motifs is 1.